The Balaban J connectivity index is 1.92. The van der Waals surface area contributed by atoms with E-state index < -0.39 is 0 Å². The number of carbonyl (C=O) groups is 1. The largest absolute Gasteiger partial charge is 0.507 e. The number of nitrogens with zero attached hydrogens (tertiary/aromatic N) is 1. The molecule has 19 heavy (non-hydrogen) atoms. The van der Waals surface area contributed by atoms with Gasteiger partial charge in [0.25, 0.3) is 0 Å². The average Bonchev–Trinajstić information content (AvgIpc) is 2.44. The maximum Gasteiger partial charge on any atom is 0.222 e. The number of nitrogens with one attached hydrogen (secondary N) is 1. The SMILES string of the molecule is CNC(=O)C1CCN(Cc2cccc(C)c2O)CC1. The lowest BCUT2D eigenvalue weighted by molar-refractivity contribution is -0.125. The van der Waals surface area contributed by atoms with E-state index >= 15 is 0 Å². The summed E-state index contributed by atoms with van der Waals surface area (Å²) in [5, 5.41) is 12.7. The number of aromatic hydroxyl groups is 1. The molecule has 0 aromatic heterocycles. The Morgan fingerprint density at radius 1 is 1.42 bits per heavy atom. The summed E-state index contributed by atoms with van der Waals surface area (Å²) in [6.45, 7) is 4.49. The molecule has 0 aliphatic carbocycles. The highest BCUT2D eigenvalue weighted by molar-refractivity contribution is 5.78. The van der Waals surface area contributed by atoms with Crippen LogP contribution < -0.4 is 5.32 Å². The van der Waals surface area contributed by atoms with Gasteiger partial charge in [-0.05, 0) is 38.4 Å². The molecule has 1 aliphatic rings. The van der Waals surface area contributed by atoms with Gasteiger partial charge in [-0.15, -0.1) is 0 Å². The minimum Gasteiger partial charge on any atom is -0.507 e. The highest BCUT2D eigenvalue weighted by atomic mass is 16.3. The molecule has 0 unspecified atom stereocenters. The van der Waals surface area contributed by atoms with Gasteiger partial charge in [0.15, 0.2) is 0 Å². The molecule has 0 saturated carbocycles. The van der Waals surface area contributed by atoms with Gasteiger partial charge < -0.3 is 10.4 Å². The molecule has 0 radical (unpaired) electrons. The van der Waals surface area contributed by atoms with Crippen molar-refractivity contribution in [1.29, 1.82) is 0 Å². The van der Waals surface area contributed by atoms with E-state index in [1.54, 1.807) is 7.05 Å². The van der Waals surface area contributed by atoms with Gasteiger partial charge in [-0.25, -0.2) is 0 Å². The lowest BCUT2D eigenvalue weighted by atomic mass is 9.95. The van der Waals surface area contributed by atoms with E-state index in [0.717, 1.165) is 43.6 Å². The van der Waals surface area contributed by atoms with Gasteiger partial charge in [0.2, 0.25) is 5.91 Å². The molecule has 1 saturated heterocycles. The third-order valence-corrected chi connectivity index (χ3v) is 3.92. The average molecular weight is 262 g/mol. The Morgan fingerprint density at radius 3 is 2.74 bits per heavy atom. The zero-order chi connectivity index (χ0) is 13.8. The molecule has 2 rings (SSSR count). The third-order valence-electron chi connectivity index (χ3n) is 3.92. The van der Waals surface area contributed by atoms with Crippen molar-refractivity contribution in [3.8, 4) is 5.75 Å². The first-order valence-electron chi connectivity index (χ1n) is 6.83. The number of rotatable bonds is 3. The lowest BCUT2D eigenvalue weighted by Crippen LogP contribution is -2.39. The lowest BCUT2D eigenvalue weighted by Gasteiger charge is -2.31. The number of hydrogen-bond donors (Lipinski definition) is 2. The molecule has 0 bridgehead atoms. The number of hydrogen-bond acceptors (Lipinski definition) is 3. The van der Waals surface area contributed by atoms with Crippen molar-refractivity contribution in [3.63, 3.8) is 0 Å². The highest BCUT2D eigenvalue weighted by Crippen LogP contribution is 2.25. The Morgan fingerprint density at radius 2 is 2.11 bits per heavy atom. The Kier molecular flexibility index (Phi) is 4.43. The summed E-state index contributed by atoms with van der Waals surface area (Å²) in [5.41, 5.74) is 1.89. The smallest absolute Gasteiger partial charge is 0.222 e. The molecular weight excluding hydrogens is 240 g/mol. The topological polar surface area (TPSA) is 52.6 Å². The molecule has 1 aromatic carbocycles. The van der Waals surface area contributed by atoms with E-state index in [-0.39, 0.29) is 11.8 Å². The number of benzene rings is 1. The van der Waals surface area contributed by atoms with E-state index in [9.17, 15) is 9.90 Å². The molecule has 104 valence electrons. The number of piperidine rings is 1. The van der Waals surface area contributed by atoms with Crippen LogP contribution in [0.3, 0.4) is 0 Å². The fourth-order valence-electron chi connectivity index (χ4n) is 2.65. The monoisotopic (exact) mass is 262 g/mol. The minimum atomic E-state index is 0.146. The third kappa shape index (κ3) is 3.26. The van der Waals surface area contributed by atoms with Crippen LogP contribution in [0.15, 0.2) is 18.2 Å². The predicted octanol–water partition coefficient (Wildman–Crippen LogP) is 1.66. The van der Waals surface area contributed by atoms with Crippen LogP contribution in [0.5, 0.6) is 5.75 Å². The van der Waals surface area contributed by atoms with Crippen LogP contribution in [0.25, 0.3) is 0 Å². The van der Waals surface area contributed by atoms with E-state index in [1.165, 1.54) is 0 Å². The zero-order valence-electron chi connectivity index (χ0n) is 11.6. The van der Waals surface area contributed by atoms with E-state index in [4.69, 9.17) is 0 Å². The second kappa shape index (κ2) is 6.06. The van der Waals surface area contributed by atoms with E-state index in [2.05, 4.69) is 10.2 Å². The van der Waals surface area contributed by atoms with Gasteiger partial charge in [0, 0.05) is 25.1 Å². The second-order valence-electron chi connectivity index (χ2n) is 5.25. The maximum atomic E-state index is 11.6. The van der Waals surface area contributed by atoms with Crippen molar-refractivity contribution in [2.45, 2.75) is 26.3 Å². The molecule has 1 aromatic rings. The first-order chi connectivity index (χ1) is 9.11. The minimum absolute atomic E-state index is 0.146. The van der Waals surface area contributed by atoms with E-state index in [1.807, 2.05) is 25.1 Å². The van der Waals surface area contributed by atoms with Crippen LogP contribution in [-0.2, 0) is 11.3 Å². The second-order valence-corrected chi connectivity index (χ2v) is 5.25. The summed E-state index contributed by atoms with van der Waals surface area (Å²) >= 11 is 0. The van der Waals surface area contributed by atoms with Crippen molar-refractivity contribution < 1.29 is 9.90 Å². The van der Waals surface area contributed by atoms with E-state index in [0.29, 0.717) is 5.75 Å². The Hall–Kier alpha value is -1.55. The summed E-state index contributed by atoms with van der Waals surface area (Å²) in [7, 11) is 1.69. The number of likely N-dealkylation sites (tertiary alicyclic amines) is 1. The van der Waals surface area contributed by atoms with Crippen LogP contribution >= 0.6 is 0 Å². The van der Waals surface area contributed by atoms with Crippen LogP contribution in [0.2, 0.25) is 0 Å². The van der Waals surface area contributed by atoms with Crippen LogP contribution in [0, 0.1) is 12.8 Å². The summed E-state index contributed by atoms with van der Waals surface area (Å²) < 4.78 is 0. The number of phenols is 1. The molecule has 4 heteroatoms. The number of phenolic OH excluding ortho intramolecular Hbond substituents is 1. The molecule has 0 atom stereocenters. The van der Waals surface area contributed by atoms with Gasteiger partial charge in [-0.3, -0.25) is 9.69 Å². The molecule has 1 fully saturated rings. The Labute approximate surface area is 114 Å². The van der Waals surface area contributed by atoms with Crippen molar-refractivity contribution in [2.24, 2.45) is 5.92 Å². The molecule has 1 heterocycles. The molecular formula is C15H22N2O2. The number of carbonyl (C=O) groups excluding carboxylic acids is 1. The van der Waals surface area contributed by atoms with Gasteiger partial charge >= 0.3 is 0 Å². The quantitative estimate of drug-likeness (QED) is 0.871. The van der Waals surface area contributed by atoms with Crippen LogP contribution in [0.4, 0.5) is 0 Å². The Bertz CT molecular complexity index is 451. The summed E-state index contributed by atoms with van der Waals surface area (Å²) in [6.07, 6.45) is 1.79. The van der Waals surface area contributed by atoms with Gasteiger partial charge in [-0.1, -0.05) is 18.2 Å². The fraction of sp³-hybridized carbons (Fsp3) is 0.533. The highest BCUT2D eigenvalue weighted by Gasteiger charge is 2.24. The molecule has 1 amide bonds. The van der Waals surface area contributed by atoms with Crippen molar-refractivity contribution in [2.75, 3.05) is 20.1 Å². The summed E-state index contributed by atoms with van der Waals surface area (Å²) in [5.74, 6) is 0.696. The number of para-hydroxylation sites is 1. The number of amides is 1. The number of aryl methyl sites for hydroxylation is 1. The molecule has 1 aliphatic heterocycles. The normalized spacial score (nSPS) is 17.4. The van der Waals surface area contributed by atoms with Gasteiger partial charge in [-0.2, -0.15) is 0 Å². The first kappa shape index (κ1) is 13.9. The molecule has 0 spiro atoms. The predicted molar refractivity (Wildman–Crippen MR) is 74.9 cm³/mol. The summed E-state index contributed by atoms with van der Waals surface area (Å²) in [6, 6.07) is 5.85. The van der Waals surface area contributed by atoms with Gasteiger partial charge in [0.1, 0.15) is 5.75 Å². The van der Waals surface area contributed by atoms with Crippen molar-refractivity contribution >= 4 is 5.91 Å². The standard InChI is InChI=1S/C15H22N2O2/c1-11-4-3-5-13(14(11)18)10-17-8-6-12(7-9-17)15(19)16-2/h3-5,12,18H,6-10H2,1-2H3,(H,16,19). The fourth-order valence-corrected chi connectivity index (χ4v) is 2.65. The maximum absolute atomic E-state index is 11.6. The zero-order valence-corrected chi connectivity index (χ0v) is 11.6. The van der Waals surface area contributed by atoms with Crippen LogP contribution in [-0.4, -0.2) is 36.1 Å². The first-order valence-corrected chi connectivity index (χ1v) is 6.83. The van der Waals surface area contributed by atoms with Crippen molar-refractivity contribution in [1.82, 2.24) is 10.2 Å². The molecule has 2 N–H and O–H groups in total. The molecule has 4 nitrogen and oxygen atoms in total. The van der Waals surface area contributed by atoms with Crippen LogP contribution in [0.1, 0.15) is 24.0 Å². The summed E-state index contributed by atoms with van der Waals surface area (Å²) in [4.78, 5) is 13.9. The van der Waals surface area contributed by atoms with Crippen molar-refractivity contribution in [3.05, 3.63) is 29.3 Å². The van der Waals surface area contributed by atoms with Gasteiger partial charge in [0.05, 0.1) is 0 Å².